The molecule has 0 bridgehead atoms. The van der Waals surface area contributed by atoms with Crippen LogP contribution >= 0.6 is 0 Å². The maximum atomic E-state index is 13.6. The fourth-order valence-corrected chi connectivity index (χ4v) is 3.74. The first-order valence-electron chi connectivity index (χ1n) is 9.90. The van der Waals surface area contributed by atoms with Crippen molar-refractivity contribution < 1.29 is 4.79 Å². The summed E-state index contributed by atoms with van der Waals surface area (Å²) in [5.74, 6) is 0.797. The monoisotopic (exact) mass is 384 g/mol. The Morgan fingerprint density at radius 1 is 0.931 bits per heavy atom. The van der Waals surface area contributed by atoms with Crippen molar-refractivity contribution in [3.05, 3.63) is 102 Å². The van der Waals surface area contributed by atoms with Gasteiger partial charge in [-0.25, -0.2) is 0 Å². The first-order chi connectivity index (χ1) is 14.2. The smallest absolute Gasteiger partial charge is 0.258 e. The standard InChI is InChI=1S/C24H24N4O/c1-3-11-21-25-26-23-20(16-10-17-28(21)23)24(29)27(2)22(18-12-6-4-7-13-18)19-14-8-5-9-15-19/h4-10,12-17,22H,3,11H2,1-2H3. The Morgan fingerprint density at radius 2 is 1.55 bits per heavy atom. The molecule has 0 fully saturated rings. The van der Waals surface area contributed by atoms with E-state index in [2.05, 4.69) is 41.4 Å². The number of rotatable bonds is 6. The lowest BCUT2D eigenvalue weighted by Gasteiger charge is -2.29. The van der Waals surface area contributed by atoms with Gasteiger partial charge in [0.05, 0.1) is 11.6 Å². The van der Waals surface area contributed by atoms with Gasteiger partial charge in [0.15, 0.2) is 5.65 Å². The van der Waals surface area contributed by atoms with Gasteiger partial charge in [0.25, 0.3) is 5.91 Å². The van der Waals surface area contributed by atoms with Gasteiger partial charge in [-0.05, 0) is 29.7 Å². The third kappa shape index (κ3) is 3.63. The lowest BCUT2D eigenvalue weighted by atomic mass is 9.97. The second kappa shape index (κ2) is 8.27. The molecule has 5 heteroatoms. The van der Waals surface area contributed by atoms with Crippen LogP contribution in [0.1, 0.15) is 46.7 Å². The molecule has 0 N–H and O–H groups in total. The zero-order valence-corrected chi connectivity index (χ0v) is 16.7. The van der Waals surface area contributed by atoms with Gasteiger partial charge >= 0.3 is 0 Å². The summed E-state index contributed by atoms with van der Waals surface area (Å²) >= 11 is 0. The van der Waals surface area contributed by atoms with Crippen molar-refractivity contribution in [1.82, 2.24) is 19.5 Å². The van der Waals surface area contributed by atoms with E-state index in [1.54, 1.807) is 4.90 Å². The number of hydrogen-bond acceptors (Lipinski definition) is 3. The quantitative estimate of drug-likeness (QED) is 0.490. The third-order valence-electron chi connectivity index (χ3n) is 5.15. The number of amides is 1. The van der Waals surface area contributed by atoms with Crippen LogP contribution in [0, 0.1) is 0 Å². The Hall–Kier alpha value is -3.47. The van der Waals surface area contributed by atoms with Crippen molar-refractivity contribution in [3.63, 3.8) is 0 Å². The highest BCUT2D eigenvalue weighted by atomic mass is 16.2. The third-order valence-corrected chi connectivity index (χ3v) is 5.15. The number of carbonyl (C=O) groups is 1. The Kier molecular flexibility index (Phi) is 5.38. The van der Waals surface area contributed by atoms with Crippen molar-refractivity contribution in [2.24, 2.45) is 0 Å². The number of nitrogens with zero attached hydrogens (tertiary/aromatic N) is 4. The van der Waals surface area contributed by atoms with Crippen LogP contribution in [0.25, 0.3) is 5.65 Å². The summed E-state index contributed by atoms with van der Waals surface area (Å²) in [6, 6.07) is 23.7. The molecular weight excluding hydrogens is 360 g/mol. The summed E-state index contributed by atoms with van der Waals surface area (Å²) in [6.45, 7) is 2.11. The summed E-state index contributed by atoms with van der Waals surface area (Å²) in [7, 11) is 1.85. The highest BCUT2D eigenvalue weighted by Crippen LogP contribution is 2.29. The summed E-state index contributed by atoms with van der Waals surface area (Å²) < 4.78 is 1.92. The van der Waals surface area contributed by atoms with Crippen LogP contribution in [-0.2, 0) is 6.42 Å². The molecule has 29 heavy (non-hydrogen) atoms. The summed E-state index contributed by atoms with van der Waals surface area (Å²) in [5.41, 5.74) is 3.29. The minimum atomic E-state index is -0.191. The molecule has 0 aliphatic rings. The van der Waals surface area contributed by atoms with Crippen molar-refractivity contribution in [1.29, 1.82) is 0 Å². The highest BCUT2D eigenvalue weighted by molar-refractivity contribution is 6.00. The van der Waals surface area contributed by atoms with Gasteiger partial charge in [-0.2, -0.15) is 0 Å². The Bertz CT molecular complexity index is 1070. The van der Waals surface area contributed by atoms with Crippen LogP contribution in [-0.4, -0.2) is 32.5 Å². The number of aryl methyl sites for hydroxylation is 1. The van der Waals surface area contributed by atoms with E-state index < -0.39 is 0 Å². The molecule has 1 amide bonds. The van der Waals surface area contributed by atoms with Crippen LogP contribution in [0.3, 0.4) is 0 Å². The van der Waals surface area contributed by atoms with Gasteiger partial charge in [-0.15, -0.1) is 10.2 Å². The molecule has 2 aromatic carbocycles. The Balaban J connectivity index is 1.76. The summed E-state index contributed by atoms with van der Waals surface area (Å²) in [5, 5.41) is 8.60. The zero-order chi connectivity index (χ0) is 20.2. The lowest BCUT2D eigenvalue weighted by Crippen LogP contribution is -2.32. The highest BCUT2D eigenvalue weighted by Gasteiger charge is 2.26. The van der Waals surface area contributed by atoms with E-state index >= 15 is 0 Å². The number of benzene rings is 2. The van der Waals surface area contributed by atoms with Gasteiger partial charge in [0.1, 0.15) is 5.82 Å². The van der Waals surface area contributed by atoms with E-state index in [4.69, 9.17) is 0 Å². The minimum Gasteiger partial charge on any atom is -0.330 e. The van der Waals surface area contributed by atoms with E-state index in [0.29, 0.717) is 11.2 Å². The average molecular weight is 384 g/mol. The van der Waals surface area contributed by atoms with Crippen LogP contribution in [0.5, 0.6) is 0 Å². The lowest BCUT2D eigenvalue weighted by molar-refractivity contribution is 0.0756. The topological polar surface area (TPSA) is 50.5 Å². The van der Waals surface area contributed by atoms with E-state index in [9.17, 15) is 4.79 Å². The van der Waals surface area contributed by atoms with Crippen molar-refractivity contribution in [2.75, 3.05) is 7.05 Å². The predicted octanol–water partition coefficient (Wildman–Crippen LogP) is 4.54. The molecule has 0 aliphatic carbocycles. The maximum Gasteiger partial charge on any atom is 0.258 e. The fourth-order valence-electron chi connectivity index (χ4n) is 3.74. The zero-order valence-electron chi connectivity index (χ0n) is 16.7. The van der Waals surface area contributed by atoms with Gasteiger partial charge in [-0.1, -0.05) is 67.6 Å². The molecule has 2 aromatic heterocycles. The van der Waals surface area contributed by atoms with E-state index in [1.807, 2.05) is 66.2 Å². The van der Waals surface area contributed by atoms with E-state index in [-0.39, 0.29) is 11.9 Å². The molecule has 0 unspecified atom stereocenters. The van der Waals surface area contributed by atoms with Crippen LogP contribution < -0.4 is 0 Å². The molecular formula is C24H24N4O. The Labute approximate surface area is 170 Å². The molecule has 4 aromatic rings. The van der Waals surface area contributed by atoms with Crippen molar-refractivity contribution in [2.45, 2.75) is 25.8 Å². The SMILES string of the molecule is CCCc1nnc2c(C(=O)N(C)C(c3ccccc3)c3ccccc3)cccn12. The maximum absolute atomic E-state index is 13.6. The molecule has 4 rings (SSSR count). The predicted molar refractivity (Wildman–Crippen MR) is 114 cm³/mol. The number of hydrogen-bond donors (Lipinski definition) is 0. The van der Waals surface area contributed by atoms with Crippen molar-refractivity contribution >= 4 is 11.6 Å². The normalized spacial score (nSPS) is 11.1. The van der Waals surface area contributed by atoms with Crippen LogP contribution in [0.2, 0.25) is 0 Å². The second-order valence-corrected chi connectivity index (χ2v) is 7.12. The summed E-state index contributed by atoms with van der Waals surface area (Å²) in [4.78, 5) is 15.3. The van der Waals surface area contributed by atoms with Gasteiger partial charge < -0.3 is 4.90 Å². The molecule has 5 nitrogen and oxygen atoms in total. The number of aromatic nitrogens is 3. The van der Waals surface area contributed by atoms with E-state index in [1.165, 1.54) is 0 Å². The fraction of sp³-hybridized carbons (Fsp3) is 0.208. The molecule has 0 radical (unpaired) electrons. The van der Waals surface area contributed by atoms with Gasteiger partial charge in [-0.3, -0.25) is 9.20 Å². The van der Waals surface area contributed by atoms with Gasteiger partial charge in [0.2, 0.25) is 0 Å². The van der Waals surface area contributed by atoms with Crippen LogP contribution in [0.15, 0.2) is 79.0 Å². The summed E-state index contributed by atoms with van der Waals surface area (Å²) in [6.07, 6.45) is 3.72. The first kappa shape index (κ1) is 18.9. The molecule has 0 spiro atoms. The largest absolute Gasteiger partial charge is 0.330 e. The van der Waals surface area contributed by atoms with Crippen LogP contribution in [0.4, 0.5) is 0 Å². The van der Waals surface area contributed by atoms with Crippen molar-refractivity contribution in [3.8, 4) is 0 Å². The average Bonchev–Trinajstić information content (AvgIpc) is 3.18. The van der Waals surface area contributed by atoms with E-state index in [0.717, 1.165) is 29.8 Å². The van der Waals surface area contributed by atoms with Gasteiger partial charge in [0, 0.05) is 19.7 Å². The second-order valence-electron chi connectivity index (χ2n) is 7.12. The first-order valence-corrected chi connectivity index (χ1v) is 9.90. The molecule has 0 aliphatic heterocycles. The molecule has 0 saturated heterocycles. The molecule has 2 heterocycles. The number of pyridine rings is 1. The molecule has 146 valence electrons. The Morgan fingerprint density at radius 3 is 2.14 bits per heavy atom. The molecule has 0 atom stereocenters. The number of carbonyl (C=O) groups excluding carboxylic acids is 1. The number of fused-ring (bicyclic) bond motifs is 1. The molecule has 0 saturated carbocycles. The minimum absolute atomic E-state index is 0.0799.